The lowest BCUT2D eigenvalue weighted by atomic mass is 9.86. The number of nitrogens with one attached hydrogen (secondary N) is 2. The van der Waals surface area contributed by atoms with E-state index in [4.69, 9.17) is 4.74 Å². The third-order valence-corrected chi connectivity index (χ3v) is 4.23. The summed E-state index contributed by atoms with van der Waals surface area (Å²) in [6, 6.07) is -0.747. The van der Waals surface area contributed by atoms with Gasteiger partial charge in [0.15, 0.2) is 5.78 Å². The molecule has 2 unspecified atom stereocenters. The average Bonchev–Trinajstić information content (AvgIpc) is 2.53. The highest BCUT2D eigenvalue weighted by Crippen LogP contribution is 2.19. The lowest BCUT2D eigenvalue weighted by Gasteiger charge is -2.25. The summed E-state index contributed by atoms with van der Waals surface area (Å²) >= 11 is 0. The van der Waals surface area contributed by atoms with Crippen LogP contribution in [0.15, 0.2) is 0 Å². The first-order valence-electron chi connectivity index (χ1n) is 9.29. The summed E-state index contributed by atoms with van der Waals surface area (Å²) < 4.78 is 5.17. The van der Waals surface area contributed by atoms with Crippen molar-refractivity contribution in [2.45, 2.75) is 66.3 Å². The monoisotopic (exact) mass is 368 g/mol. The summed E-state index contributed by atoms with van der Waals surface area (Å²) in [5.41, 5.74) is -0.173. The van der Waals surface area contributed by atoms with Crippen LogP contribution in [-0.4, -0.2) is 42.8 Å². The Bertz CT molecular complexity index is 537. The van der Waals surface area contributed by atoms with Crippen LogP contribution in [0.4, 0.5) is 4.79 Å². The minimum atomic E-state index is -0.747. The van der Waals surface area contributed by atoms with E-state index in [0.29, 0.717) is 13.0 Å². The fraction of sp³-hybridized carbons (Fsp3) is 0.789. The second-order valence-electron chi connectivity index (χ2n) is 8.49. The second-order valence-corrected chi connectivity index (χ2v) is 8.49. The summed E-state index contributed by atoms with van der Waals surface area (Å²) in [5.74, 6) is -2.20. The summed E-state index contributed by atoms with van der Waals surface area (Å²) in [5, 5.41) is 5.17. The Hall–Kier alpha value is -1.92. The van der Waals surface area contributed by atoms with Crippen LogP contribution in [-0.2, 0) is 19.1 Å². The van der Waals surface area contributed by atoms with Crippen molar-refractivity contribution in [2.75, 3.05) is 13.2 Å². The number of hydrogen-bond donors (Lipinski definition) is 2. The molecular weight excluding hydrogens is 336 g/mol. The van der Waals surface area contributed by atoms with Crippen LogP contribution in [0.5, 0.6) is 0 Å². The fourth-order valence-corrected chi connectivity index (χ4v) is 2.76. The average molecular weight is 368 g/mol. The summed E-state index contributed by atoms with van der Waals surface area (Å²) in [6.07, 6.45) is 1.38. The van der Waals surface area contributed by atoms with Crippen molar-refractivity contribution >= 4 is 23.6 Å². The van der Waals surface area contributed by atoms with Gasteiger partial charge < -0.3 is 15.4 Å². The largest absolute Gasteiger partial charge is 0.449 e. The molecule has 1 saturated heterocycles. The highest BCUT2D eigenvalue weighted by molar-refractivity contribution is 6.37. The molecule has 2 N–H and O–H groups in total. The van der Waals surface area contributed by atoms with Gasteiger partial charge in [-0.1, -0.05) is 41.0 Å². The van der Waals surface area contributed by atoms with Gasteiger partial charge in [-0.05, 0) is 24.2 Å². The van der Waals surface area contributed by atoms with Gasteiger partial charge in [-0.15, -0.1) is 0 Å². The molecule has 0 aromatic carbocycles. The summed E-state index contributed by atoms with van der Waals surface area (Å²) in [4.78, 5) is 48.6. The number of ether oxygens (including phenoxy) is 1. The molecule has 0 aliphatic carbocycles. The van der Waals surface area contributed by atoms with Crippen molar-refractivity contribution in [3.63, 3.8) is 0 Å². The van der Waals surface area contributed by atoms with Gasteiger partial charge in [0.2, 0.25) is 5.78 Å². The quantitative estimate of drug-likeness (QED) is 0.700. The second kappa shape index (κ2) is 9.69. The molecule has 1 aliphatic heterocycles. The predicted molar refractivity (Wildman–Crippen MR) is 97.5 cm³/mol. The number of alkyl carbamates (subject to hydrolysis) is 1. The number of ketones is 2. The minimum absolute atomic E-state index is 0.0470. The number of Topliss-reactive ketones (excluding diaryl/α,β-unsaturated/α-hetero) is 2. The van der Waals surface area contributed by atoms with Gasteiger partial charge in [-0.2, -0.15) is 0 Å². The summed E-state index contributed by atoms with van der Waals surface area (Å²) in [6.45, 7) is 10.2. The van der Waals surface area contributed by atoms with Gasteiger partial charge in [0.25, 0.3) is 5.91 Å². The van der Waals surface area contributed by atoms with Crippen LogP contribution in [0.3, 0.4) is 0 Å². The van der Waals surface area contributed by atoms with Crippen molar-refractivity contribution in [1.29, 1.82) is 0 Å². The van der Waals surface area contributed by atoms with Crippen LogP contribution in [0.2, 0.25) is 0 Å². The van der Waals surface area contributed by atoms with E-state index in [9.17, 15) is 19.2 Å². The van der Waals surface area contributed by atoms with E-state index < -0.39 is 29.7 Å². The van der Waals surface area contributed by atoms with Crippen LogP contribution in [0, 0.1) is 17.3 Å². The molecule has 26 heavy (non-hydrogen) atoms. The normalized spacial score (nSPS) is 20.0. The van der Waals surface area contributed by atoms with Gasteiger partial charge in [0.05, 0.1) is 12.6 Å². The third-order valence-electron chi connectivity index (χ3n) is 4.23. The Morgan fingerprint density at radius 3 is 2.46 bits per heavy atom. The Kier molecular flexibility index (Phi) is 8.24. The fourth-order valence-electron chi connectivity index (χ4n) is 2.76. The molecule has 0 saturated carbocycles. The molecule has 1 rings (SSSR count). The molecule has 0 aromatic rings. The Morgan fingerprint density at radius 2 is 1.88 bits per heavy atom. The molecule has 0 aromatic heterocycles. The molecule has 2 atom stereocenters. The maximum Gasteiger partial charge on any atom is 0.407 e. The van der Waals surface area contributed by atoms with Gasteiger partial charge in [-0.25, -0.2) is 4.79 Å². The van der Waals surface area contributed by atoms with Crippen LogP contribution >= 0.6 is 0 Å². The SMILES string of the molecule is CC(C)C(NC(=O)OCC(C)(C)C)C(=O)CC1CCCCNC(=O)C1=O. The highest BCUT2D eigenvalue weighted by atomic mass is 16.5. The standard InChI is InChI=1S/C19H32N2O5/c1-12(2)15(21-18(25)26-11-19(3,4)5)14(22)10-13-8-6-7-9-20-17(24)16(13)23/h12-13,15H,6-11H2,1-5H3,(H,20,24)(H,21,25). The molecule has 1 aliphatic rings. The zero-order chi connectivity index (χ0) is 19.9. The molecule has 0 bridgehead atoms. The molecule has 7 nitrogen and oxygen atoms in total. The molecule has 148 valence electrons. The van der Waals surface area contributed by atoms with Crippen molar-refractivity contribution in [1.82, 2.24) is 10.6 Å². The number of rotatable bonds is 6. The molecule has 1 heterocycles. The Balaban J connectivity index is 2.70. The number of carbonyl (C=O) groups is 4. The van der Waals surface area contributed by atoms with E-state index in [1.165, 1.54) is 0 Å². The van der Waals surface area contributed by atoms with E-state index in [1.807, 2.05) is 34.6 Å². The molecule has 2 amide bonds. The van der Waals surface area contributed by atoms with Gasteiger partial charge in [0, 0.05) is 18.9 Å². The van der Waals surface area contributed by atoms with E-state index >= 15 is 0 Å². The zero-order valence-electron chi connectivity index (χ0n) is 16.5. The Labute approximate surface area is 155 Å². The van der Waals surface area contributed by atoms with Crippen LogP contribution in [0.25, 0.3) is 0 Å². The van der Waals surface area contributed by atoms with Gasteiger partial charge in [0.1, 0.15) is 0 Å². The van der Waals surface area contributed by atoms with Crippen LogP contribution < -0.4 is 10.6 Å². The van der Waals surface area contributed by atoms with Crippen LogP contribution in [0.1, 0.15) is 60.3 Å². The van der Waals surface area contributed by atoms with E-state index in [1.54, 1.807) is 0 Å². The zero-order valence-corrected chi connectivity index (χ0v) is 16.5. The number of carbonyl (C=O) groups excluding carboxylic acids is 4. The van der Waals surface area contributed by atoms with Gasteiger partial charge in [-0.3, -0.25) is 14.4 Å². The summed E-state index contributed by atoms with van der Waals surface area (Å²) in [7, 11) is 0. The first kappa shape index (κ1) is 22.1. The van der Waals surface area contributed by atoms with E-state index in [2.05, 4.69) is 10.6 Å². The van der Waals surface area contributed by atoms with Crippen molar-refractivity contribution in [3.05, 3.63) is 0 Å². The lowest BCUT2D eigenvalue weighted by Crippen LogP contribution is -2.47. The number of hydrogen-bond acceptors (Lipinski definition) is 5. The molecule has 0 radical (unpaired) electrons. The predicted octanol–water partition coefficient (Wildman–Crippen LogP) is 2.23. The highest BCUT2D eigenvalue weighted by Gasteiger charge is 2.32. The molecule has 0 spiro atoms. The maximum atomic E-state index is 12.7. The maximum absolute atomic E-state index is 12.7. The smallest absolute Gasteiger partial charge is 0.407 e. The lowest BCUT2D eigenvalue weighted by molar-refractivity contribution is -0.142. The third kappa shape index (κ3) is 7.54. The topological polar surface area (TPSA) is 102 Å². The van der Waals surface area contributed by atoms with Gasteiger partial charge >= 0.3 is 6.09 Å². The van der Waals surface area contributed by atoms with Crippen molar-refractivity contribution in [2.24, 2.45) is 17.3 Å². The molecule has 1 fully saturated rings. The minimum Gasteiger partial charge on any atom is -0.449 e. The first-order chi connectivity index (χ1) is 12.0. The van der Waals surface area contributed by atoms with E-state index in [-0.39, 0.29) is 30.1 Å². The first-order valence-corrected chi connectivity index (χ1v) is 9.29. The Morgan fingerprint density at radius 1 is 1.23 bits per heavy atom. The number of amides is 2. The van der Waals surface area contributed by atoms with E-state index in [0.717, 1.165) is 12.8 Å². The van der Waals surface area contributed by atoms with Crippen molar-refractivity contribution in [3.8, 4) is 0 Å². The molecular formula is C19H32N2O5. The molecule has 7 heteroatoms. The van der Waals surface area contributed by atoms with Crippen molar-refractivity contribution < 1.29 is 23.9 Å².